The van der Waals surface area contributed by atoms with Crippen molar-refractivity contribution in [1.82, 2.24) is 9.97 Å². The number of alkyl halides is 3. The minimum absolute atomic E-state index is 0.00721. The highest BCUT2D eigenvalue weighted by molar-refractivity contribution is 5.44. The van der Waals surface area contributed by atoms with Crippen LogP contribution < -0.4 is 10.6 Å². The van der Waals surface area contributed by atoms with Crippen LogP contribution in [-0.4, -0.2) is 22.6 Å². The number of halogens is 3. The Morgan fingerprint density at radius 1 is 1.19 bits per heavy atom. The van der Waals surface area contributed by atoms with Crippen molar-refractivity contribution in [3.05, 3.63) is 11.8 Å². The maximum Gasteiger partial charge on any atom is 0.433 e. The van der Waals surface area contributed by atoms with E-state index in [-0.39, 0.29) is 17.8 Å². The largest absolute Gasteiger partial charge is 0.433 e. The molecule has 2 N–H and O–H groups in total. The van der Waals surface area contributed by atoms with Crippen molar-refractivity contribution in [3.8, 4) is 0 Å². The number of anilines is 2. The van der Waals surface area contributed by atoms with Crippen molar-refractivity contribution in [2.45, 2.75) is 52.8 Å². The fourth-order valence-corrected chi connectivity index (χ4v) is 1.91. The third kappa shape index (κ3) is 5.40. The smallest absolute Gasteiger partial charge is 0.367 e. The van der Waals surface area contributed by atoms with Crippen molar-refractivity contribution in [2.24, 2.45) is 5.92 Å². The van der Waals surface area contributed by atoms with Gasteiger partial charge in [-0.2, -0.15) is 18.2 Å². The third-order valence-corrected chi connectivity index (χ3v) is 3.13. The minimum Gasteiger partial charge on any atom is -0.367 e. The van der Waals surface area contributed by atoms with Gasteiger partial charge in [-0.25, -0.2) is 4.98 Å². The molecule has 0 fully saturated rings. The van der Waals surface area contributed by atoms with Crippen LogP contribution in [0.1, 0.15) is 46.2 Å². The molecule has 0 bridgehead atoms. The molecule has 0 saturated carbocycles. The van der Waals surface area contributed by atoms with Gasteiger partial charge in [0, 0.05) is 18.7 Å². The zero-order chi connectivity index (χ0) is 16.0. The van der Waals surface area contributed by atoms with Gasteiger partial charge in [0.25, 0.3) is 0 Å². The Balaban J connectivity index is 3.06. The quantitative estimate of drug-likeness (QED) is 0.794. The highest BCUT2D eigenvalue weighted by Gasteiger charge is 2.34. The summed E-state index contributed by atoms with van der Waals surface area (Å²) in [5, 5.41) is 5.87. The zero-order valence-corrected chi connectivity index (χ0v) is 12.9. The zero-order valence-electron chi connectivity index (χ0n) is 12.9. The fraction of sp³-hybridized carbons (Fsp3) is 0.714. The first kappa shape index (κ1) is 17.5. The maximum absolute atomic E-state index is 12.9. The second kappa shape index (κ2) is 7.47. The molecule has 0 amide bonds. The Morgan fingerprint density at radius 3 is 2.33 bits per heavy atom. The van der Waals surface area contributed by atoms with Gasteiger partial charge < -0.3 is 10.6 Å². The molecule has 1 rings (SSSR count). The lowest BCUT2D eigenvalue weighted by atomic mass is 10.0. The lowest BCUT2D eigenvalue weighted by Gasteiger charge is -2.22. The number of aromatic nitrogens is 2. The molecule has 0 spiro atoms. The van der Waals surface area contributed by atoms with Crippen LogP contribution in [0, 0.1) is 5.92 Å². The van der Waals surface area contributed by atoms with Crippen LogP contribution in [0.25, 0.3) is 0 Å². The minimum atomic E-state index is -4.48. The molecule has 1 aromatic heterocycles. The lowest BCUT2D eigenvalue weighted by Crippen LogP contribution is -2.26. The van der Waals surface area contributed by atoms with Crippen LogP contribution in [0.2, 0.25) is 0 Å². The summed E-state index contributed by atoms with van der Waals surface area (Å²) in [5.74, 6) is 0.510. The van der Waals surface area contributed by atoms with Gasteiger partial charge >= 0.3 is 6.18 Å². The lowest BCUT2D eigenvalue weighted by molar-refractivity contribution is -0.141. The normalized spacial score (nSPS) is 13.3. The van der Waals surface area contributed by atoms with Gasteiger partial charge in [-0.05, 0) is 18.8 Å². The number of nitrogens with zero attached hydrogens (tertiary/aromatic N) is 2. The molecular formula is C14H23F3N4. The average Bonchev–Trinajstić information content (AvgIpc) is 2.41. The fourth-order valence-electron chi connectivity index (χ4n) is 1.91. The van der Waals surface area contributed by atoms with Crippen LogP contribution in [0.3, 0.4) is 0 Å². The van der Waals surface area contributed by atoms with E-state index in [1.54, 1.807) is 0 Å². The standard InChI is InChI=1S/C14H23F3N4/c1-5-7-18-13-20-11(14(15,16)17)8-12(21-13)19-10(6-2)9(3)4/h8-10H,5-7H2,1-4H3,(H2,18,19,20,21). The van der Waals surface area contributed by atoms with Crippen molar-refractivity contribution in [3.63, 3.8) is 0 Å². The highest BCUT2D eigenvalue weighted by atomic mass is 19.4. The van der Waals surface area contributed by atoms with Crippen molar-refractivity contribution >= 4 is 11.8 Å². The predicted molar refractivity (Wildman–Crippen MR) is 78.4 cm³/mol. The topological polar surface area (TPSA) is 49.8 Å². The number of hydrogen-bond donors (Lipinski definition) is 2. The van der Waals surface area contributed by atoms with E-state index >= 15 is 0 Å². The summed E-state index contributed by atoms with van der Waals surface area (Å²) in [6, 6.07) is 1.03. The molecule has 4 nitrogen and oxygen atoms in total. The molecule has 0 aliphatic rings. The highest BCUT2D eigenvalue weighted by Crippen LogP contribution is 2.30. The van der Waals surface area contributed by atoms with Gasteiger partial charge in [-0.1, -0.05) is 27.7 Å². The number of rotatable bonds is 7. The first-order valence-electron chi connectivity index (χ1n) is 7.24. The number of nitrogens with one attached hydrogen (secondary N) is 2. The van der Waals surface area contributed by atoms with Crippen LogP contribution >= 0.6 is 0 Å². The molecule has 0 aromatic carbocycles. The molecule has 7 heteroatoms. The molecule has 0 aliphatic carbocycles. The molecule has 1 aromatic rings. The van der Waals surface area contributed by atoms with E-state index in [9.17, 15) is 13.2 Å². The van der Waals surface area contributed by atoms with Crippen LogP contribution in [-0.2, 0) is 6.18 Å². The summed E-state index contributed by atoms with van der Waals surface area (Å²) >= 11 is 0. The van der Waals surface area contributed by atoms with Gasteiger partial charge in [0.05, 0.1) is 0 Å². The molecule has 120 valence electrons. The van der Waals surface area contributed by atoms with E-state index in [2.05, 4.69) is 20.6 Å². The second-order valence-electron chi connectivity index (χ2n) is 5.29. The van der Waals surface area contributed by atoms with Gasteiger partial charge in [-0.3, -0.25) is 0 Å². The molecule has 0 saturated heterocycles. The molecule has 0 radical (unpaired) electrons. The summed E-state index contributed by atoms with van der Waals surface area (Å²) in [5.41, 5.74) is -0.933. The van der Waals surface area contributed by atoms with Crippen LogP contribution in [0.15, 0.2) is 6.07 Å². The maximum atomic E-state index is 12.9. The van der Waals surface area contributed by atoms with E-state index < -0.39 is 11.9 Å². The summed E-state index contributed by atoms with van der Waals surface area (Å²) in [7, 11) is 0. The van der Waals surface area contributed by atoms with Gasteiger partial charge in [0.15, 0.2) is 5.69 Å². The average molecular weight is 304 g/mol. The summed E-state index contributed by atoms with van der Waals surface area (Å²) in [6.45, 7) is 8.47. The van der Waals surface area contributed by atoms with Crippen LogP contribution in [0.5, 0.6) is 0 Å². The van der Waals surface area contributed by atoms with E-state index in [1.165, 1.54) is 0 Å². The predicted octanol–water partition coefficient (Wildman–Crippen LogP) is 4.16. The molecule has 1 heterocycles. The van der Waals surface area contributed by atoms with Gasteiger partial charge in [0.1, 0.15) is 5.82 Å². The van der Waals surface area contributed by atoms with E-state index in [1.807, 2.05) is 27.7 Å². The van der Waals surface area contributed by atoms with Crippen molar-refractivity contribution < 1.29 is 13.2 Å². The Bertz CT molecular complexity index is 446. The van der Waals surface area contributed by atoms with Gasteiger partial charge in [-0.15, -0.1) is 0 Å². The van der Waals surface area contributed by atoms with Gasteiger partial charge in [0.2, 0.25) is 5.95 Å². The monoisotopic (exact) mass is 304 g/mol. The summed E-state index contributed by atoms with van der Waals surface area (Å²) in [4.78, 5) is 7.65. The Hall–Kier alpha value is -1.53. The Morgan fingerprint density at radius 2 is 1.86 bits per heavy atom. The van der Waals surface area contributed by atoms with Crippen molar-refractivity contribution in [2.75, 3.05) is 17.2 Å². The van der Waals surface area contributed by atoms with Crippen molar-refractivity contribution in [1.29, 1.82) is 0 Å². The molecule has 21 heavy (non-hydrogen) atoms. The van der Waals surface area contributed by atoms with E-state index in [4.69, 9.17) is 0 Å². The number of hydrogen-bond acceptors (Lipinski definition) is 4. The Kier molecular flexibility index (Phi) is 6.23. The molecular weight excluding hydrogens is 281 g/mol. The van der Waals surface area contributed by atoms with E-state index in [0.29, 0.717) is 12.5 Å². The first-order valence-corrected chi connectivity index (χ1v) is 7.24. The molecule has 1 atom stereocenters. The third-order valence-electron chi connectivity index (χ3n) is 3.13. The first-order chi connectivity index (χ1) is 9.77. The second-order valence-corrected chi connectivity index (χ2v) is 5.29. The SMILES string of the molecule is CCCNc1nc(NC(CC)C(C)C)cc(C(F)(F)F)n1. The summed E-state index contributed by atoms with van der Waals surface area (Å²) < 4.78 is 38.7. The van der Waals surface area contributed by atoms with Crippen LogP contribution in [0.4, 0.5) is 24.9 Å². The Labute approximate surface area is 123 Å². The van der Waals surface area contributed by atoms with E-state index in [0.717, 1.165) is 18.9 Å². The summed E-state index contributed by atoms with van der Waals surface area (Å²) in [6.07, 6.45) is -2.89. The molecule has 0 aliphatic heterocycles. The molecule has 1 unspecified atom stereocenters.